The number of nitrogens with one attached hydrogen (secondary N) is 1. The van der Waals surface area contributed by atoms with Crippen molar-refractivity contribution in [2.45, 2.75) is 25.5 Å². The molecule has 0 bridgehead atoms. The number of nitrogens with zero attached hydrogens (tertiary/aromatic N) is 4. The van der Waals surface area contributed by atoms with Crippen molar-refractivity contribution in [3.63, 3.8) is 0 Å². The van der Waals surface area contributed by atoms with Gasteiger partial charge in [-0.2, -0.15) is 0 Å². The number of hydrogen-bond donors (Lipinski definition) is 1. The molecule has 0 radical (unpaired) electrons. The van der Waals surface area contributed by atoms with Crippen LogP contribution in [0.2, 0.25) is 5.02 Å². The Morgan fingerprint density at radius 1 is 1.36 bits per heavy atom. The van der Waals surface area contributed by atoms with Gasteiger partial charge in [0.05, 0.1) is 22.6 Å². The lowest BCUT2D eigenvalue weighted by Gasteiger charge is -2.07. The summed E-state index contributed by atoms with van der Waals surface area (Å²) in [7, 11) is 0. The van der Waals surface area contributed by atoms with Gasteiger partial charge in [0.25, 0.3) is 0 Å². The maximum absolute atomic E-state index is 12.1. The van der Waals surface area contributed by atoms with Gasteiger partial charge in [-0.05, 0) is 32.0 Å². The van der Waals surface area contributed by atoms with E-state index in [4.69, 9.17) is 16.0 Å². The monoisotopic (exact) mass is 377 g/mol. The fourth-order valence-corrected chi connectivity index (χ4v) is 3.17. The van der Waals surface area contributed by atoms with E-state index in [1.165, 1.54) is 18.0 Å². The van der Waals surface area contributed by atoms with Gasteiger partial charge >= 0.3 is 0 Å². The van der Waals surface area contributed by atoms with Gasteiger partial charge in [-0.3, -0.25) is 4.79 Å². The zero-order valence-corrected chi connectivity index (χ0v) is 15.3. The summed E-state index contributed by atoms with van der Waals surface area (Å²) in [5.74, 6) is 2.00. The Bertz CT molecular complexity index is 875. The number of furan rings is 1. The quantitative estimate of drug-likeness (QED) is 0.660. The fourth-order valence-electron chi connectivity index (χ4n) is 2.26. The number of anilines is 1. The Kier molecular flexibility index (Phi) is 5.40. The zero-order chi connectivity index (χ0) is 17.8. The molecular weight excluding hydrogens is 362 g/mol. The van der Waals surface area contributed by atoms with Gasteiger partial charge < -0.3 is 14.3 Å². The van der Waals surface area contributed by atoms with Crippen molar-refractivity contribution in [3.8, 4) is 11.4 Å². The molecule has 0 saturated heterocycles. The minimum absolute atomic E-state index is 0.175. The lowest BCUT2D eigenvalue weighted by molar-refractivity contribution is -0.113. The molecule has 25 heavy (non-hydrogen) atoms. The molecule has 3 rings (SSSR count). The Morgan fingerprint density at radius 3 is 2.84 bits per heavy atom. The van der Waals surface area contributed by atoms with Crippen molar-refractivity contribution in [1.29, 1.82) is 0 Å². The minimum Gasteiger partial charge on any atom is -0.469 e. The van der Waals surface area contributed by atoms with Crippen LogP contribution in [0.15, 0.2) is 40.2 Å². The molecule has 0 spiro atoms. The molecule has 7 nitrogen and oxygen atoms in total. The topological polar surface area (TPSA) is 85.8 Å². The lowest BCUT2D eigenvalue weighted by atomic mass is 10.2. The van der Waals surface area contributed by atoms with Gasteiger partial charge in [-0.25, -0.2) is 4.98 Å². The number of pyridine rings is 1. The maximum atomic E-state index is 12.1. The van der Waals surface area contributed by atoms with Crippen LogP contribution in [0.25, 0.3) is 11.4 Å². The molecule has 0 aliphatic carbocycles. The van der Waals surface area contributed by atoms with Gasteiger partial charge in [0.2, 0.25) is 5.91 Å². The lowest BCUT2D eigenvalue weighted by Crippen LogP contribution is -2.15. The molecule has 0 aliphatic heterocycles. The van der Waals surface area contributed by atoms with Gasteiger partial charge in [0.15, 0.2) is 11.0 Å². The summed E-state index contributed by atoms with van der Waals surface area (Å²) in [5, 5.41) is 12.3. The molecule has 3 heterocycles. The largest absolute Gasteiger partial charge is 0.469 e. The molecule has 130 valence electrons. The number of thioether (sulfide) groups is 1. The minimum atomic E-state index is -0.175. The number of amides is 1. The molecule has 9 heteroatoms. The Labute approximate surface area is 153 Å². The number of aryl methyl sites for hydroxylation is 1. The van der Waals surface area contributed by atoms with Crippen molar-refractivity contribution in [1.82, 2.24) is 19.7 Å². The molecule has 0 fully saturated rings. The van der Waals surface area contributed by atoms with E-state index >= 15 is 0 Å². The molecule has 0 aromatic carbocycles. The van der Waals surface area contributed by atoms with Crippen LogP contribution in [0.3, 0.4) is 0 Å². The first-order valence-electron chi connectivity index (χ1n) is 7.60. The summed E-state index contributed by atoms with van der Waals surface area (Å²) < 4.78 is 7.29. The molecule has 3 aromatic rings. The van der Waals surface area contributed by atoms with Gasteiger partial charge in [-0.15, -0.1) is 10.2 Å². The highest BCUT2D eigenvalue weighted by molar-refractivity contribution is 7.99. The van der Waals surface area contributed by atoms with Gasteiger partial charge in [0.1, 0.15) is 11.6 Å². The van der Waals surface area contributed by atoms with Crippen LogP contribution < -0.4 is 5.32 Å². The van der Waals surface area contributed by atoms with Crippen molar-refractivity contribution >= 4 is 35.1 Å². The van der Waals surface area contributed by atoms with Crippen LogP contribution in [0.4, 0.5) is 5.82 Å². The average Bonchev–Trinajstić information content (AvgIpc) is 3.20. The van der Waals surface area contributed by atoms with Crippen LogP contribution in [0.1, 0.15) is 12.7 Å². The molecule has 0 unspecified atom stereocenters. The summed E-state index contributed by atoms with van der Waals surface area (Å²) in [5.41, 5.74) is 0.899. The van der Waals surface area contributed by atoms with E-state index in [1.54, 1.807) is 18.4 Å². The predicted octanol–water partition coefficient (Wildman–Crippen LogP) is 3.65. The molecular formula is C16H16ClN5O2S. The zero-order valence-electron chi connectivity index (χ0n) is 13.7. The second kappa shape index (κ2) is 7.71. The average molecular weight is 378 g/mol. The van der Waals surface area contributed by atoms with Crippen LogP contribution >= 0.6 is 23.4 Å². The standard InChI is InChI=1S/C16H16ClN5O2S/c1-3-22-15(12-6-7-24-10(12)2)20-21-16(22)25-9-14(23)19-13-5-4-11(17)8-18-13/h4-8H,3,9H2,1-2H3,(H,18,19,23). The van der Waals surface area contributed by atoms with Crippen LogP contribution in [0, 0.1) is 6.92 Å². The SMILES string of the molecule is CCn1c(SCC(=O)Nc2ccc(Cl)cn2)nnc1-c1ccoc1C. The molecule has 0 saturated carbocycles. The molecule has 1 amide bonds. The Morgan fingerprint density at radius 2 is 2.20 bits per heavy atom. The third kappa shape index (κ3) is 4.02. The van der Waals surface area contributed by atoms with Gasteiger partial charge in [-0.1, -0.05) is 23.4 Å². The number of carbonyl (C=O) groups is 1. The van der Waals surface area contributed by atoms with E-state index in [1.807, 2.05) is 24.5 Å². The molecule has 0 atom stereocenters. The Balaban J connectivity index is 1.67. The Hall–Kier alpha value is -2.32. The molecule has 3 aromatic heterocycles. The van der Waals surface area contributed by atoms with E-state index in [0.717, 1.165) is 17.1 Å². The first-order chi connectivity index (χ1) is 12.1. The van der Waals surface area contributed by atoms with Crippen LogP contribution in [-0.2, 0) is 11.3 Å². The highest BCUT2D eigenvalue weighted by Gasteiger charge is 2.17. The van der Waals surface area contributed by atoms with E-state index in [9.17, 15) is 4.79 Å². The number of hydrogen-bond acceptors (Lipinski definition) is 6. The van der Waals surface area contributed by atoms with Crippen LogP contribution in [-0.4, -0.2) is 31.4 Å². The van der Waals surface area contributed by atoms with Crippen LogP contribution in [0.5, 0.6) is 0 Å². The van der Waals surface area contributed by atoms with Crippen molar-refractivity contribution < 1.29 is 9.21 Å². The highest BCUT2D eigenvalue weighted by atomic mass is 35.5. The number of halogens is 1. The summed E-state index contributed by atoms with van der Waals surface area (Å²) in [6.45, 7) is 4.57. The number of aromatic nitrogens is 4. The molecule has 0 aliphatic rings. The maximum Gasteiger partial charge on any atom is 0.236 e. The summed E-state index contributed by atoms with van der Waals surface area (Å²) in [6, 6.07) is 5.18. The fraction of sp³-hybridized carbons (Fsp3) is 0.250. The highest BCUT2D eigenvalue weighted by Crippen LogP contribution is 2.27. The second-order valence-electron chi connectivity index (χ2n) is 5.14. The van der Waals surface area contributed by atoms with Crippen molar-refractivity contribution in [2.24, 2.45) is 0 Å². The van der Waals surface area contributed by atoms with Crippen molar-refractivity contribution in [3.05, 3.63) is 41.4 Å². The van der Waals surface area contributed by atoms with E-state index < -0.39 is 0 Å². The molecule has 1 N–H and O–H groups in total. The van der Waals surface area contributed by atoms with E-state index in [0.29, 0.717) is 22.5 Å². The third-order valence-electron chi connectivity index (χ3n) is 3.46. The smallest absolute Gasteiger partial charge is 0.236 e. The van der Waals surface area contributed by atoms with Gasteiger partial charge in [0, 0.05) is 12.7 Å². The predicted molar refractivity (Wildman–Crippen MR) is 96.7 cm³/mol. The number of carbonyl (C=O) groups excluding carboxylic acids is 1. The van der Waals surface area contributed by atoms with Crippen molar-refractivity contribution in [2.75, 3.05) is 11.1 Å². The summed E-state index contributed by atoms with van der Waals surface area (Å²) in [4.78, 5) is 16.1. The normalized spacial score (nSPS) is 10.8. The third-order valence-corrected chi connectivity index (χ3v) is 4.65. The summed E-state index contributed by atoms with van der Waals surface area (Å²) >= 11 is 7.09. The first kappa shape index (κ1) is 17.5. The summed E-state index contributed by atoms with van der Waals surface area (Å²) in [6.07, 6.45) is 3.11. The second-order valence-corrected chi connectivity index (χ2v) is 6.52. The van der Waals surface area contributed by atoms with E-state index in [-0.39, 0.29) is 11.7 Å². The number of rotatable bonds is 6. The first-order valence-corrected chi connectivity index (χ1v) is 8.96. The van der Waals surface area contributed by atoms with E-state index in [2.05, 4.69) is 20.5 Å².